The second-order valence-electron chi connectivity index (χ2n) is 7.73. The normalized spacial score (nSPS) is 20.7. The lowest BCUT2D eigenvalue weighted by molar-refractivity contribution is -0.117. The first-order valence-electron chi connectivity index (χ1n) is 9.88. The van der Waals surface area contributed by atoms with Crippen molar-refractivity contribution in [1.82, 2.24) is 14.8 Å². The fourth-order valence-electron chi connectivity index (χ4n) is 4.14. The van der Waals surface area contributed by atoms with E-state index in [1.165, 1.54) is 6.33 Å². The molecule has 29 heavy (non-hydrogen) atoms. The van der Waals surface area contributed by atoms with E-state index in [4.69, 9.17) is 4.74 Å². The molecule has 2 aliphatic rings. The third kappa shape index (κ3) is 3.31. The maximum Gasteiger partial charge on any atom is 0.226 e. The van der Waals surface area contributed by atoms with E-state index >= 15 is 0 Å². The van der Waals surface area contributed by atoms with Gasteiger partial charge in [-0.05, 0) is 35.6 Å². The number of fused-ring (bicyclic) bond motifs is 1. The Balaban J connectivity index is 1.44. The van der Waals surface area contributed by atoms with Gasteiger partial charge in [0.2, 0.25) is 5.95 Å². The van der Waals surface area contributed by atoms with Crippen molar-refractivity contribution in [2.75, 3.05) is 5.32 Å². The summed E-state index contributed by atoms with van der Waals surface area (Å²) in [6.45, 7) is 2.63. The third-order valence-electron chi connectivity index (χ3n) is 5.51. The first-order valence-corrected chi connectivity index (χ1v) is 9.88. The minimum absolute atomic E-state index is 0.182. The average Bonchev–Trinajstić information content (AvgIpc) is 3.20. The molecule has 6 nitrogen and oxygen atoms in total. The largest absolute Gasteiger partial charge is 0.489 e. The Morgan fingerprint density at radius 1 is 1.10 bits per heavy atom. The molecule has 0 bridgehead atoms. The van der Waals surface area contributed by atoms with Crippen LogP contribution in [0.15, 0.2) is 72.2 Å². The minimum atomic E-state index is -0.257. The van der Waals surface area contributed by atoms with Gasteiger partial charge in [-0.3, -0.25) is 4.79 Å². The van der Waals surface area contributed by atoms with Crippen LogP contribution in [0.4, 0.5) is 5.95 Å². The van der Waals surface area contributed by atoms with E-state index < -0.39 is 0 Å². The van der Waals surface area contributed by atoms with E-state index in [0.717, 1.165) is 34.6 Å². The van der Waals surface area contributed by atoms with Crippen molar-refractivity contribution in [3.63, 3.8) is 0 Å². The number of anilines is 1. The predicted octanol–water partition coefficient (Wildman–Crippen LogP) is 4.13. The van der Waals surface area contributed by atoms with Crippen molar-refractivity contribution in [3.8, 4) is 5.75 Å². The van der Waals surface area contributed by atoms with E-state index in [1.807, 2.05) is 54.6 Å². The number of carbonyl (C=O) groups is 1. The number of hydrogen-bond donors (Lipinski definition) is 1. The Hall–Kier alpha value is -3.41. The van der Waals surface area contributed by atoms with Gasteiger partial charge in [0.15, 0.2) is 5.78 Å². The number of rotatable bonds is 4. The molecule has 0 amide bonds. The molecule has 0 unspecified atom stereocenters. The summed E-state index contributed by atoms with van der Waals surface area (Å²) >= 11 is 0. The molecule has 0 fully saturated rings. The molecule has 6 heteroatoms. The van der Waals surface area contributed by atoms with E-state index in [2.05, 4.69) is 22.3 Å². The molecule has 1 aliphatic carbocycles. The van der Waals surface area contributed by atoms with Crippen LogP contribution in [0.25, 0.3) is 0 Å². The highest BCUT2D eigenvalue weighted by Gasteiger charge is 2.37. The molecule has 0 spiro atoms. The van der Waals surface area contributed by atoms with Crippen LogP contribution < -0.4 is 10.1 Å². The van der Waals surface area contributed by atoms with Crippen LogP contribution in [0.2, 0.25) is 0 Å². The van der Waals surface area contributed by atoms with Crippen LogP contribution in [-0.4, -0.2) is 20.5 Å². The lowest BCUT2D eigenvalue weighted by atomic mass is 9.81. The number of ketones is 1. The maximum atomic E-state index is 12.9. The van der Waals surface area contributed by atoms with Crippen molar-refractivity contribution in [1.29, 1.82) is 0 Å². The first kappa shape index (κ1) is 17.7. The van der Waals surface area contributed by atoms with Gasteiger partial charge in [0.25, 0.3) is 0 Å². The molecule has 5 rings (SSSR count). The van der Waals surface area contributed by atoms with Gasteiger partial charge < -0.3 is 10.1 Å². The Morgan fingerprint density at radius 3 is 2.69 bits per heavy atom. The lowest BCUT2D eigenvalue weighted by Crippen LogP contribution is -2.33. The molecule has 1 N–H and O–H groups in total. The van der Waals surface area contributed by atoms with E-state index in [-0.39, 0.29) is 11.8 Å². The molecule has 0 radical (unpaired) electrons. The summed E-state index contributed by atoms with van der Waals surface area (Å²) in [6, 6.07) is 17.7. The van der Waals surface area contributed by atoms with Crippen LogP contribution in [0.3, 0.4) is 0 Å². The molecule has 1 aliphatic heterocycles. The number of allylic oxidation sites excluding steroid dienone is 2. The molecule has 2 atom stereocenters. The first-order chi connectivity index (χ1) is 14.2. The van der Waals surface area contributed by atoms with Gasteiger partial charge >= 0.3 is 0 Å². The SMILES string of the molecule is C[C@@H]1CC(=O)C2=C(C1)Nc1ncnn1[C@H]2c1ccc(OCc2ccccc2)cc1. The lowest BCUT2D eigenvalue weighted by Gasteiger charge is -2.34. The van der Waals surface area contributed by atoms with Crippen molar-refractivity contribution >= 4 is 11.7 Å². The molecule has 3 aromatic rings. The zero-order valence-corrected chi connectivity index (χ0v) is 16.2. The average molecular weight is 386 g/mol. The summed E-state index contributed by atoms with van der Waals surface area (Å²) in [7, 11) is 0. The quantitative estimate of drug-likeness (QED) is 0.730. The number of Topliss-reactive ketones (excluding diaryl/α,β-unsaturated/α-hetero) is 1. The monoisotopic (exact) mass is 386 g/mol. The summed E-state index contributed by atoms with van der Waals surface area (Å²) < 4.78 is 7.70. The second-order valence-corrected chi connectivity index (χ2v) is 7.73. The number of carbonyl (C=O) groups excluding carboxylic acids is 1. The zero-order chi connectivity index (χ0) is 19.8. The van der Waals surface area contributed by atoms with Crippen molar-refractivity contribution < 1.29 is 9.53 Å². The Bertz CT molecular complexity index is 1070. The Morgan fingerprint density at radius 2 is 1.90 bits per heavy atom. The molecule has 0 saturated carbocycles. The maximum absolute atomic E-state index is 12.9. The van der Waals surface area contributed by atoms with Gasteiger partial charge in [0.05, 0.1) is 0 Å². The zero-order valence-electron chi connectivity index (χ0n) is 16.2. The molecular formula is C23H22N4O2. The second kappa shape index (κ2) is 7.20. The van der Waals surface area contributed by atoms with Gasteiger partial charge in [-0.1, -0.05) is 49.4 Å². The van der Waals surface area contributed by atoms with Crippen LogP contribution in [0.1, 0.15) is 36.9 Å². The third-order valence-corrected chi connectivity index (χ3v) is 5.51. The summed E-state index contributed by atoms with van der Waals surface area (Å²) in [5.41, 5.74) is 3.90. The summed E-state index contributed by atoms with van der Waals surface area (Å²) in [5, 5.41) is 7.70. The van der Waals surface area contributed by atoms with Crippen molar-refractivity contribution in [2.24, 2.45) is 5.92 Å². The van der Waals surface area contributed by atoms with Gasteiger partial charge in [0, 0.05) is 17.7 Å². The highest BCUT2D eigenvalue weighted by molar-refractivity contribution is 5.99. The standard InChI is InChI=1S/C23H22N4O2/c1-15-11-19-21(20(28)12-15)22(27-23(26-19)24-14-25-27)17-7-9-18(10-8-17)29-13-16-5-3-2-4-6-16/h2-10,14-15,22H,11-13H2,1H3,(H,24,25,26)/t15-,22-/m0/s1. The number of ether oxygens (including phenoxy) is 1. The van der Waals surface area contributed by atoms with Gasteiger partial charge in [-0.25, -0.2) is 4.68 Å². The minimum Gasteiger partial charge on any atom is -0.489 e. The molecular weight excluding hydrogens is 364 g/mol. The highest BCUT2D eigenvalue weighted by atomic mass is 16.5. The van der Waals surface area contributed by atoms with Gasteiger partial charge in [0.1, 0.15) is 24.7 Å². The smallest absolute Gasteiger partial charge is 0.226 e. The van der Waals surface area contributed by atoms with Crippen molar-refractivity contribution in [3.05, 3.63) is 83.3 Å². The summed E-state index contributed by atoms with van der Waals surface area (Å²) in [5.74, 6) is 1.99. The van der Waals surface area contributed by atoms with Crippen LogP contribution in [0, 0.1) is 5.92 Å². The number of hydrogen-bond acceptors (Lipinski definition) is 5. The molecule has 1 aromatic heterocycles. The van der Waals surface area contributed by atoms with Crippen LogP contribution in [0.5, 0.6) is 5.75 Å². The van der Waals surface area contributed by atoms with Crippen LogP contribution in [-0.2, 0) is 11.4 Å². The Kier molecular flexibility index (Phi) is 4.39. The van der Waals surface area contributed by atoms with E-state index in [0.29, 0.717) is 24.9 Å². The Labute approximate surface area is 169 Å². The van der Waals surface area contributed by atoms with E-state index in [1.54, 1.807) is 4.68 Å². The molecule has 2 heterocycles. The van der Waals surface area contributed by atoms with Gasteiger partial charge in [-0.2, -0.15) is 10.1 Å². The molecule has 0 saturated heterocycles. The van der Waals surface area contributed by atoms with Crippen LogP contribution >= 0.6 is 0 Å². The predicted molar refractivity (Wildman–Crippen MR) is 109 cm³/mol. The number of nitrogens with zero attached hydrogens (tertiary/aromatic N) is 3. The fourth-order valence-corrected chi connectivity index (χ4v) is 4.14. The number of nitrogens with one attached hydrogen (secondary N) is 1. The summed E-state index contributed by atoms with van der Waals surface area (Å²) in [6.07, 6.45) is 2.95. The fraction of sp³-hybridized carbons (Fsp3) is 0.261. The highest BCUT2D eigenvalue weighted by Crippen LogP contribution is 2.41. The summed E-state index contributed by atoms with van der Waals surface area (Å²) in [4.78, 5) is 17.2. The van der Waals surface area contributed by atoms with Crippen molar-refractivity contribution in [2.45, 2.75) is 32.4 Å². The topological polar surface area (TPSA) is 69.0 Å². The van der Waals surface area contributed by atoms with E-state index in [9.17, 15) is 4.79 Å². The number of aromatic nitrogens is 3. The molecule has 146 valence electrons. The molecule has 2 aromatic carbocycles. The van der Waals surface area contributed by atoms with Gasteiger partial charge in [-0.15, -0.1) is 0 Å². The number of benzene rings is 2.